The lowest BCUT2D eigenvalue weighted by atomic mass is 10.1. The first-order valence-electron chi connectivity index (χ1n) is 6.22. The Kier molecular flexibility index (Phi) is 2.91. The maximum atomic E-state index is 12.6. The van der Waals surface area contributed by atoms with Gasteiger partial charge in [0.25, 0.3) is 0 Å². The zero-order valence-electron chi connectivity index (χ0n) is 11.4. The molecule has 102 valence electrons. The molecule has 3 aromatic rings. The van der Waals surface area contributed by atoms with Crippen LogP contribution in [-0.2, 0) is 7.05 Å². The highest BCUT2D eigenvalue weighted by Crippen LogP contribution is 2.28. The minimum Gasteiger partial charge on any atom is -0.453 e. The molecule has 2 heterocycles. The van der Waals surface area contributed by atoms with Crippen molar-refractivity contribution in [2.45, 2.75) is 13.8 Å². The average Bonchev–Trinajstić information content (AvgIpc) is 2.93. The first-order valence-corrected chi connectivity index (χ1v) is 6.60. The second kappa shape index (κ2) is 4.49. The van der Waals surface area contributed by atoms with Crippen molar-refractivity contribution in [2.75, 3.05) is 0 Å². The van der Waals surface area contributed by atoms with E-state index in [0.717, 1.165) is 11.1 Å². The number of fused-ring (bicyclic) bond motifs is 1. The number of benzene rings is 1. The van der Waals surface area contributed by atoms with Gasteiger partial charge in [-0.15, -0.1) is 0 Å². The third-order valence-corrected chi connectivity index (χ3v) is 3.80. The molecule has 0 aliphatic rings. The van der Waals surface area contributed by atoms with Gasteiger partial charge in [-0.25, -0.2) is 0 Å². The molecular weight excluding hydrogens is 276 g/mol. The summed E-state index contributed by atoms with van der Waals surface area (Å²) >= 11 is 6.10. The number of aromatic nitrogens is 2. The monoisotopic (exact) mass is 288 g/mol. The summed E-state index contributed by atoms with van der Waals surface area (Å²) in [7, 11) is 1.81. The van der Waals surface area contributed by atoms with Gasteiger partial charge in [-0.05, 0) is 32.0 Å². The molecule has 20 heavy (non-hydrogen) atoms. The predicted molar refractivity (Wildman–Crippen MR) is 77.3 cm³/mol. The third-order valence-electron chi connectivity index (χ3n) is 3.47. The van der Waals surface area contributed by atoms with E-state index in [0.29, 0.717) is 21.9 Å². The molecule has 1 aromatic carbocycles. The van der Waals surface area contributed by atoms with Gasteiger partial charge in [0.2, 0.25) is 5.78 Å². The zero-order valence-corrected chi connectivity index (χ0v) is 12.2. The summed E-state index contributed by atoms with van der Waals surface area (Å²) in [6.45, 7) is 3.68. The summed E-state index contributed by atoms with van der Waals surface area (Å²) in [6.07, 6.45) is 0. The molecule has 0 aliphatic carbocycles. The van der Waals surface area contributed by atoms with Crippen molar-refractivity contribution in [3.63, 3.8) is 0 Å². The van der Waals surface area contributed by atoms with Crippen LogP contribution in [0.1, 0.15) is 27.5 Å². The molecule has 0 unspecified atom stereocenters. The molecule has 0 aliphatic heterocycles. The molecule has 0 radical (unpaired) electrons. The summed E-state index contributed by atoms with van der Waals surface area (Å²) in [5.74, 6) is 0.118. The molecule has 0 spiro atoms. The van der Waals surface area contributed by atoms with Gasteiger partial charge in [0.1, 0.15) is 5.58 Å². The minimum absolute atomic E-state index is 0.166. The van der Waals surface area contributed by atoms with Crippen molar-refractivity contribution in [2.24, 2.45) is 7.05 Å². The number of halogens is 1. The van der Waals surface area contributed by atoms with Crippen molar-refractivity contribution in [3.8, 4) is 0 Å². The van der Waals surface area contributed by atoms with Crippen LogP contribution in [0.4, 0.5) is 0 Å². The smallest absolute Gasteiger partial charge is 0.231 e. The van der Waals surface area contributed by atoms with Gasteiger partial charge in [0.05, 0.1) is 16.3 Å². The van der Waals surface area contributed by atoms with Gasteiger partial charge in [-0.1, -0.05) is 17.7 Å². The number of hydrogen-bond acceptors (Lipinski definition) is 3. The molecule has 0 saturated heterocycles. The molecular formula is C15H13ClN2O2. The molecule has 3 rings (SSSR count). The fraction of sp³-hybridized carbons (Fsp3) is 0.200. The van der Waals surface area contributed by atoms with Crippen LogP contribution < -0.4 is 0 Å². The van der Waals surface area contributed by atoms with Crippen LogP contribution in [0.5, 0.6) is 0 Å². The average molecular weight is 289 g/mol. The summed E-state index contributed by atoms with van der Waals surface area (Å²) in [5.41, 5.74) is 2.71. The van der Waals surface area contributed by atoms with Crippen molar-refractivity contribution in [1.82, 2.24) is 9.78 Å². The predicted octanol–water partition coefficient (Wildman–Crippen LogP) is 3.67. The Morgan fingerprint density at radius 1 is 1.35 bits per heavy atom. The molecule has 4 nitrogen and oxygen atoms in total. The van der Waals surface area contributed by atoms with Crippen LogP contribution in [0.2, 0.25) is 5.02 Å². The lowest BCUT2D eigenvalue weighted by molar-refractivity contribution is 0.101. The van der Waals surface area contributed by atoms with Gasteiger partial charge < -0.3 is 4.42 Å². The van der Waals surface area contributed by atoms with E-state index in [-0.39, 0.29) is 11.5 Å². The maximum absolute atomic E-state index is 12.6. The molecule has 2 aromatic heterocycles. The van der Waals surface area contributed by atoms with E-state index in [1.807, 2.05) is 20.9 Å². The number of aryl methyl sites for hydroxylation is 2. The molecule has 0 amide bonds. The van der Waals surface area contributed by atoms with E-state index in [2.05, 4.69) is 5.10 Å². The standard InChI is InChI=1S/C15H13ClN2O2/c1-8-14(9(2)18(3)17-8)15(19)13-7-10-11(16)5-4-6-12(10)20-13/h4-7H,1-3H3. The van der Waals surface area contributed by atoms with Crippen molar-refractivity contribution in [3.05, 3.63) is 52.0 Å². The highest BCUT2D eigenvalue weighted by molar-refractivity contribution is 6.35. The number of carbonyl (C=O) groups excluding carboxylic acids is 1. The first kappa shape index (κ1) is 12.9. The van der Waals surface area contributed by atoms with E-state index in [1.165, 1.54) is 0 Å². The molecule has 0 atom stereocenters. The Morgan fingerprint density at radius 3 is 2.70 bits per heavy atom. The highest BCUT2D eigenvalue weighted by Gasteiger charge is 2.22. The Bertz CT molecular complexity index is 830. The van der Waals surface area contributed by atoms with Gasteiger partial charge in [-0.2, -0.15) is 5.10 Å². The Hall–Kier alpha value is -2.07. The third kappa shape index (κ3) is 1.84. The fourth-order valence-corrected chi connectivity index (χ4v) is 2.58. The normalized spacial score (nSPS) is 11.2. The Balaban J connectivity index is 2.15. The van der Waals surface area contributed by atoms with E-state index in [1.54, 1.807) is 28.9 Å². The lowest BCUT2D eigenvalue weighted by Crippen LogP contribution is -2.03. The summed E-state index contributed by atoms with van der Waals surface area (Å²) in [6, 6.07) is 7.05. The SMILES string of the molecule is Cc1nn(C)c(C)c1C(=O)c1cc2c(Cl)cccc2o1. The summed E-state index contributed by atoms with van der Waals surface area (Å²) < 4.78 is 7.31. The van der Waals surface area contributed by atoms with E-state index < -0.39 is 0 Å². The number of ketones is 1. The van der Waals surface area contributed by atoms with Gasteiger partial charge in [-0.3, -0.25) is 9.48 Å². The van der Waals surface area contributed by atoms with Crippen LogP contribution in [0.25, 0.3) is 11.0 Å². The quantitative estimate of drug-likeness (QED) is 0.676. The summed E-state index contributed by atoms with van der Waals surface area (Å²) in [4.78, 5) is 12.6. The Labute approximate surface area is 120 Å². The maximum Gasteiger partial charge on any atom is 0.231 e. The molecule has 5 heteroatoms. The second-order valence-corrected chi connectivity index (χ2v) is 5.17. The number of rotatable bonds is 2. The van der Waals surface area contributed by atoms with Gasteiger partial charge in [0, 0.05) is 18.1 Å². The van der Waals surface area contributed by atoms with Crippen LogP contribution in [-0.4, -0.2) is 15.6 Å². The first-order chi connectivity index (χ1) is 9.49. The van der Waals surface area contributed by atoms with Crippen LogP contribution in [0, 0.1) is 13.8 Å². The Morgan fingerprint density at radius 2 is 2.10 bits per heavy atom. The van der Waals surface area contributed by atoms with E-state index >= 15 is 0 Å². The lowest BCUT2D eigenvalue weighted by Gasteiger charge is -1.98. The van der Waals surface area contributed by atoms with Crippen LogP contribution >= 0.6 is 11.6 Å². The van der Waals surface area contributed by atoms with Crippen LogP contribution in [0.3, 0.4) is 0 Å². The van der Waals surface area contributed by atoms with Crippen LogP contribution in [0.15, 0.2) is 28.7 Å². The van der Waals surface area contributed by atoms with Crippen molar-refractivity contribution in [1.29, 1.82) is 0 Å². The van der Waals surface area contributed by atoms with Gasteiger partial charge >= 0.3 is 0 Å². The molecule has 0 N–H and O–H groups in total. The van der Waals surface area contributed by atoms with Crippen molar-refractivity contribution >= 4 is 28.4 Å². The van der Waals surface area contributed by atoms with E-state index in [4.69, 9.17) is 16.0 Å². The second-order valence-electron chi connectivity index (χ2n) is 4.76. The summed E-state index contributed by atoms with van der Waals surface area (Å²) in [5, 5.41) is 5.58. The van der Waals surface area contributed by atoms with E-state index in [9.17, 15) is 4.79 Å². The number of furan rings is 1. The zero-order chi connectivity index (χ0) is 14.4. The fourth-order valence-electron chi connectivity index (χ4n) is 2.36. The number of nitrogens with zero attached hydrogens (tertiary/aromatic N) is 2. The highest BCUT2D eigenvalue weighted by atomic mass is 35.5. The molecule has 0 fully saturated rings. The largest absolute Gasteiger partial charge is 0.453 e. The number of hydrogen-bond donors (Lipinski definition) is 0. The molecule has 0 bridgehead atoms. The van der Waals surface area contributed by atoms with Gasteiger partial charge in [0.15, 0.2) is 5.76 Å². The van der Waals surface area contributed by atoms with Crippen molar-refractivity contribution < 1.29 is 9.21 Å². The topological polar surface area (TPSA) is 48.0 Å². The minimum atomic E-state index is -0.166. The number of carbonyl (C=O) groups is 1. The molecule has 0 saturated carbocycles.